The van der Waals surface area contributed by atoms with Gasteiger partial charge in [-0.05, 0) is 55.4 Å². The molecule has 1 aromatic heterocycles. The summed E-state index contributed by atoms with van der Waals surface area (Å²) in [5, 5.41) is 3.84. The number of aromatic nitrogens is 1. The molecule has 0 radical (unpaired) electrons. The number of alkyl halides is 3. The van der Waals surface area contributed by atoms with Gasteiger partial charge in [0.1, 0.15) is 5.82 Å². The summed E-state index contributed by atoms with van der Waals surface area (Å²) in [7, 11) is 1.83. The van der Waals surface area contributed by atoms with Gasteiger partial charge in [0.15, 0.2) is 0 Å². The summed E-state index contributed by atoms with van der Waals surface area (Å²) in [5.74, 6) is -0.342. The summed E-state index contributed by atoms with van der Waals surface area (Å²) < 4.78 is 57.1. The Kier molecular flexibility index (Phi) is 5.83. The molecule has 4 rings (SSSR count). The van der Waals surface area contributed by atoms with E-state index in [1.807, 2.05) is 41.9 Å². The number of hydrogen-bond donors (Lipinski definition) is 1. The van der Waals surface area contributed by atoms with E-state index in [2.05, 4.69) is 5.32 Å². The number of halogens is 4. The lowest BCUT2D eigenvalue weighted by Crippen LogP contribution is -2.17. The summed E-state index contributed by atoms with van der Waals surface area (Å²) in [4.78, 5) is 0. The first-order valence-corrected chi connectivity index (χ1v) is 10.1. The molecule has 2 nitrogen and oxygen atoms in total. The van der Waals surface area contributed by atoms with Crippen LogP contribution in [0.5, 0.6) is 0 Å². The maximum atomic E-state index is 14.0. The maximum Gasteiger partial charge on any atom is 0.417 e. The number of hydrogen-bond acceptors (Lipinski definition) is 1. The van der Waals surface area contributed by atoms with E-state index in [0.29, 0.717) is 18.5 Å². The first-order valence-electron chi connectivity index (χ1n) is 10.1. The van der Waals surface area contributed by atoms with E-state index in [1.165, 1.54) is 24.3 Å². The van der Waals surface area contributed by atoms with Gasteiger partial charge in [-0.3, -0.25) is 0 Å². The summed E-state index contributed by atoms with van der Waals surface area (Å²) in [5.41, 5.74) is 1.55. The van der Waals surface area contributed by atoms with Crippen LogP contribution < -0.4 is 5.32 Å². The largest absolute Gasteiger partial charge is 0.417 e. The van der Waals surface area contributed by atoms with Gasteiger partial charge in [0.25, 0.3) is 0 Å². The minimum Gasteiger partial charge on any atom is -0.339 e. The normalized spacial score (nSPS) is 12.9. The molecule has 6 heteroatoms. The molecule has 0 saturated carbocycles. The molecule has 0 aliphatic carbocycles. The number of fused-ring (bicyclic) bond motifs is 1. The number of rotatable bonds is 6. The van der Waals surface area contributed by atoms with E-state index in [4.69, 9.17) is 0 Å². The molecule has 1 N–H and O–H groups in total. The highest BCUT2D eigenvalue weighted by molar-refractivity contribution is 5.97. The van der Waals surface area contributed by atoms with Crippen molar-refractivity contribution in [2.75, 3.05) is 13.6 Å². The van der Waals surface area contributed by atoms with Crippen LogP contribution >= 0.6 is 0 Å². The average Bonchev–Trinajstić information content (AvgIpc) is 3.13. The predicted octanol–water partition coefficient (Wildman–Crippen LogP) is 6.67. The van der Waals surface area contributed by atoms with Crippen molar-refractivity contribution in [2.45, 2.75) is 18.6 Å². The molecule has 0 saturated heterocycles. The second kappa shape index (κ2) is 8.55. The van der Waals surface area contributed by atoms with Crippen LogP contribution in [0.15, 0.2) is 79.0 Å². The lowest BCUT2D eigenvalue weighted by Gasteiger charge is -2.21. The van der Waals surface area contributed by atoms with Crippen LogP contribution in [0.25, 0.3) is 22.0 Å². The van der Waals surface area contributed by atoms with Crippen LogP contribution in [-0.4, -0.2) is 18.2 Å². The molecule has 0 fully saturated rings. The SMILES string of the molecule is CNCCC(c1cccc(F)c1)n1cc(-c2ccccc2C(F)(F)F)c2ccccc21. The summed E-state index contributed by atoms with van der Waals surface area (Å²) in [6.07, 6.45) is -2.05. The zero-order chi connectivity index (χ0) is 22.0. The zero-order valence-corrected chi connectivity index (χ0v) is 17.0. The fraction of sp³-hybridized carbons (Fsp3) is 0.200. The fourth-order valence-corrected chi connectivity index (χ4v) is 4.10. The molecule has 0 aliphatic rings. The van der Waals surface area contributed by atoms with E-state index in [1.54, 1.807) is 18.3 Å². The third kappa shape index (κ3) is 4.21. The summed E-state index contributed by atoms with van der Waals surface area (Å²) >= 11 is 0. The van der Waals surface area contributed by atoms with Crippen LogP contribution in [0, 0.1) is 5.82 Å². The van der Waals surface area contributed by atoms with Gasteiger partial charge in [0.05, 0.1) is 11.6 Å². The van der Waals surface area contributed by atoms with Crippen molar-refractivity contribution in [1.29, 1.82) is 0 Å². The first kappa shape index (κ1) is 21.1. The molecule has 160 valence electrons. The van der Waals surface area contributed by atoms with Gasteiger partial charge in [-0.1, -0.05) is 48.5 Å². The van der Waals surface area contributed by atoms with Crippen molar-refractivity contribution < 1.29 is 17.6 Å². The van der Waals surface area contributed by atoms with Crippen molar-refractivity contribution in [1.82, 2.24) is 9.88 Å². The molecule has 1 unspecified atom stereocenters. The van der Waals surface area contributed by atoms with E-state index >= 15 is 0 Å². The zero-order valence-electron chi connectivity index (χ0n) is 17.0. The highest BCUT2D eigenvalue weighted by Gasteiger charge is 2.34. The van der Waals surface area contributed by atoms with Crippen molar-refractivity contribution in [3.8, 4) is 11.1 Å². The quantitative estimate of drug-likeness (QED) is 0.341. The Hall–Kier alpha value is -3.12. The number of nitrogens with zero attached hydrogens (tertiary/aromatic N) is 1. The van der Waals surface area contributed by atoms with Crippen LogP contribution in [-0.2, 0) is 6.18 Å². The average molecular weight is 426 g/mol. The van der Waals surface area contributed by atoms with Crippen LogP contribution in [0.3, 0.4) is 0 Å². The molecular formula is C25H22F4N2. The minimum absolute atomic E-state index is 0.136. The topological polar surface area (TPSA) is 17.0 Å². The minimum atomic E-state index is -4.46. The molecular weight excluding hydrogens is 404 g/mol. The Labute approximate surface area is 178 Å². The van der Waals surface area contributed by atoms with Crippen molar-refractivity contribution in [3.63, 3.8) is 0 Å². The third-order valence-corrected chi connectivity index (χ3v) is 5.50. The Bertz CT molecular complexity index is 1190. The molecule has 3 aromatic carbocycles. The van der Waals surface area contributed by atoms with Crippen LogP contribution in [0.2, 0.25) is 0 Å². The summed E-state index contributed by atoms with van der Waals surface area (Å²) in [6, 6.07) is 19.1. The highest BCUT2D eigenvalue weighted by Crippen LogP contribution is 2.41. The summed E-state index contributed by atoms with van der Waals surface area (Å²) in [6.45, 7) is 0.669. The lowest BCUT2D eigenvalue weighted by molar-refractivity contribution is -0.137. The smallest absolute Gasteiger partial charge is 0.339 e. The van der Waals surface area contributed by atoms with E-state index in [0.717, 1.165) is 22.5 Å². The van der Waals surface area contributed by atoms with Gasteiger partial charge in [0.2, 0.25) is 0 Å². The molecule has 0 bridgehead atoms. The molecule has 4 aromatic rings. The van der Waals surface area contributed by atoms with Gasteiger partial charge in [-0.15, -0.1) is 0 Å². The molecule has 0 aliphatic heterocycles. The Morgan fingerprint density at radius 3 is 2.39 bits per heavy atom. The lowest BCUT2D eigenvalue weighted by atomic mass is 9.99. The highest BCUT2D eigenvalue weighted by atomic mass is 19.4. The molecule has 31 heavy (non-hydrogen) atoms. The van der Waals surface area contributed by atoms with Crippen molar-refractivity contribution in [2.24, 2.45) is 0 Å². The van der Waals surface area contributed by atoms with Crippen LogP contribution in [0.4, 0.5) is 17.6 Å². The second-order valence-electron chi connectivity index (χ2n) is 7.47. The number of para-hydroxylation sites is 1. The van der Waals surface area contributed by atoms with Crippen molar-refractivity contribution in [3.05, 3.63) is 95.9 Å². The van der Waals surface area contributed by atoms with Gasteiger partial charge >= 0.3 is 6.18 Å². The third-order valence-electron chi connectivity index (χ3n) is 5.50. The molecule has 1 atom stereocenters. The standard InChI is InChI=1S/C25H22F4N2/c1-30-14-13-23(17-7-6-8-18(26)15-17)31-16-21(20-10-3-5-12-24(20)31)19-9-2-4-11-22(19)25(27,28)29/h2-12,15-16,23,30H,13-14H2,1H3. The van der Waals surface area contributed by atoms with Gasteiger partial charge in [0, 0.05) is 22.7 Å². The Balaban J connectivity index is 1.95. The molecule has 1 heterocycles. The molecule has 0 spiro atoms. The Morgan fingerprint density at radius 1 is 0.903 bits per heavy atom. The van der Waals surface area contributed by atoms with Gasteiger partial charge in [-0.25, -0.2) is 4.39 Å². The van der Waals surface area contributed by atoms with Gasteiger partial charge < -0.3 is 9.88 Å². The Morgan fingerprint density at radius 2 is 1.65 bits per heavy atom. The van der Waals surface area contributed by atoms with E-state index in [-0.39, 0.29) is 17.4 Å². The number of benzene rings is 3. The maximum absolute atomic E-state index is 14.0. The van der Waals surface area contributed by atoms with E-state index in [9.17, 15) is 17.6 Å². The fourth-order valence-electron chi connectivity index (χ4n) is 4.10. The van der Waals surface area contributed by atoms with Gasteiger partial charge in [-0.2, -0.15) is 13.2 Å². The molecule has 0 amide bonds. The monoisotopic (exact) mass is 426 g/mol. The second-order valence-corrected chi connectivity index (χ2v) is 7.47. The van der Waals surface area contributed by atoms with Crippen LogP contribution in [0.1, 0.15) is 23.6 Å². The van der Waals surface area contributed by atoms with Crippen molar-refractivity contribution >= 4 is 10.9 Å². The predicted molar refractivity (Wildman–Crippen MR) is 115 cm³/mol. The number of nitrogens with one attached hydrogen (secondary N) is 1. The van der Waals surface area contributed by atoms with E-state index < -0.39 is 11.7 Å². The first-order chi connectivity index (χ1) is 14.9.